The molecule has 1 N–H and O–H groups in total. The van der Waals surface area contributed by atoms with E-state index in [0.29, 0.717) is 18.7 Å². The van der Waals surface area contributed by atoms with Crippen LogP contribution in [0.3, 0.4) is 0 Å². The number of alkyl halides is 3. The van der Waals surface area contributed by atoms with E-state index in [0.717, 1.165) is 0 Å². The lowest BCUT2D eigenvalue weighted by atomic mass is 10.1. The molecule has 1 aromatic carbocycles. The van der Waals surface area contributed by atoms with Crippen molar-refractivity contribution in [1.82, 2.24) is 4.90 Å². The number of rotatable bonds is 7. The Morgan fingerprint density at radius 2 is 2.09 bits per heavy atom. The van der Waals surface area contributed by atoms with Crippen LogP contribution in [-0.2, 0) is 11.3 Å². The maximum Gasteiger partial charge on any atom is 0.446 e. The highest BCUT2D eigenvalue weighted by molar-refractivity contribution is 8.00. The van der Waals surface area contributed by atoms with Crippen molar-refractivity contribution >= 4 is 17.7 Å². The van der Waals surface area contributed by atoms with E-state index in [1.165, 1.54) is 19.2 Å². The number of carboxylic acids is 1. The Kier molecular flexibility index (Phi) is 6.55. The number of hydrogen-bond donors (Lipinski definition) is 1. The van der Waals surface area contributed by atoms with Crippen LogP contribution in [0.15, 0.2) is 23.1 Å². The van der Waals surface area contributed by atoms with E-state index in [1.807, 2.05) is 0 Å². The van der Waals surface area contributed by atoms with Gasteiger partial charge in [0.25, 0.3) is 0 Å². The van der Waals surface area contributed by atoms with E-state index in [9.17, 15) is 18.0 Å². The number of ether oxygens (including phenoxy) is 1. The highest BCUT2D eigenvalue weighted by Crippen LogP contribution is 2.41. The predicted molar refractivity (Wildman–Crippen MR) is 78.0 cm³/mol. The summed E-state index contributed by atoms with van der Waals surface area (Å²) in [4.78, 5) is 12.6. The van der Waals surface area contributed by atoms with Crippen molar-refractivity contribution in [3.8, 4) is 5.75 Å². The van der Waals surface area contributed by atoms with Gasteiger partial charge in [-0.15, -0.1) is 0 Å². The molecule has 0 spiro atoms. The van der Waals surface area contributed by atoms with Gasteiger partial charge in [-0.25, -0.2) is 0 Å². The average molecular weight is 337 g/mol. The summed E-state index contributed by atoms with van der Waals surface area (Å²) in [5, 5.41) is 8.87. The van der Waals surface area contributed by atoms with Gasteiger partial charge in [-0.3, -0.25) is 4.79 Å². The van der Waals surface area contributed by atoms with E-state index in [2.05, 4.69) is 0 Å². The van der Waals surface area contributed by atoms with Crippen molar-refractivity contribution < 1.29 is 27.8 Å². The summed E-state index contributed by atoms with van der Waals surface area (Å²) in [7, 11) is 3.04. The van der Waals surface area contributed by atoms with Gasteiger partial charge in [0.15, 0.2) is 0 Å². The molecule has 22 heavy (non-hydrogen) atoms. The number of benzene rings is 1. The number of hydrogen-bond acceptors (Lipinski definition) is 4. The van der Waals surface area contributed by atoms with Crippen molar-refractivity contribution in [3.05, 3.63) is 23.8 Å². The van der Waals surface area contributed by atoms with Gasteiger partial charge >= 0.3 is 11.5 Å². The zero-order valence-corrected chi connectivity index (χ0v) is 13.3. The molecule has 0 aliphatic rings. The summed E-state index contributed by atoms with van der Waals surface area (Å²) in [5.74, 6) is -1.30. The van der Waals surface area contributed by atoms with Crippen molar-refractivity contribution in [2.75, 3.05) is 20.7 Å². The monoisotopic (exact) mass is 337 g/mol. The third kappa shape index (κ3) is 6.15. The molecule has 1 rings (SSSR count). The number of carboxylic acid groups (broad SMARTS) is 1. The number of nitrogens with zero attached hydrogens (tertiary/aromatic N) is 1. The first-order valence-electron chi connectivity index (χ1n) is 6.46. The maximum atomic E-state index is 12.5. The summed E-state index contributed by atoms with van der Waals surface area (Å²) < 4.78 is 42.6. The first kappa shape index (κ1) is 18.6. The topological polar surface area (TPSA) is 49.8 Å². The van der Waals surface area contributed by atoms with Crippen molar-refractivity contribution in [1.29, 1.82) is 0 Å². The van der Waals surface area contributed by atoms with Gasteiger partial charge in [0.2, 0.25) is 0 Å². The molecule has 0 saturated carbocycles. The summed E-state index contributed by atoms with van der Waals surface area (Å²) in [6.07, 6.45) is 0. The Bertz CT molecular complexity index is 523. The fourth-order valence-electron chi connectivity index (χ4n) is 1.95. The lowest BCUT2D eigenvalue weighted by Gasteiger charge is -2.20. The minimum atomic E-state index is -4.39. The Balaban J connectivity index is 2.83. The molecule has 0 saturated heterocycles. The first-order valence-corrected chi connectivity index (χ1v) is 7.28. The molecular weight excluding hydrogens is 319 g/mol. The molecule has 1 atom stereocenters. The number of carbonyl (C=O) groups is 1. The van der Waals surface area contributed by atoms with E-state index in [-0.39, 0.29) is 22.4 Å². The third-order valence-electron chi connectivity index (χ3n) is 2.91. The number of halogens is 3. The molecule has 4 nitrogen and oxygen atoms in total. The van der Waals surface area contributed by atoms with E-state index < -0.39 is 17.4 Å². The normalized spacial score (nSPS) is 13.2. The number of aliphatic carboxylic acids is 1. The quantitative estimate of drug-likeness (QED) is 0.772. The fourth-order valence-corrected chi connectivity index (χ4v) is 2.66. The summed E-state index contributed by atoms with van der Waals surface area (Å²) in [6.45, 7) is 2.24. The predicted octanol–water partition coefficient (Wildman–Crippen LogP) is 3.46. The summed E-state index contributed by atoms with van der Waals surface area (Å²) in [5.41, 5.74) is -3.73. The van der Waals surface area contributed by atoms with Crippen molar-refractivity contribution in [3.63, 3.8) is 0 Å². The largest absolute Gasteiger partial charge is 0.496 e. The van der Waals surface area contributed by atoms with Gasteiger partial charge in [-0.2, -0.15) is 13.2 Å². The lowest BCUT2D eigenvalue weighted by Crippen LogP contribution is -2.28. The zero-order valence-electron chi connectivity index (χ0n) is 12.5. The SMILES string of the molecule is COc1ccc(CN(C)CC(C)C(=O)O)cc1SC(F)(F)F. The molecule has 0 fully saturated rings. The first-order chi connectivity index (χ1) is 10.1. The van der Waals surface area contributed by atoms with Crippen LogP contribution in [0.25, 0.3) is 0 Å². The molecule has 0 bridgehead atoms. The fraction of sp³-hybridized carbons (Fsp3) is 0.500. The molecule has 124 valence electrons. The molecular formula is C14H18F3NO3S. The second kappa shape index (κ2) is 7.73. The van der Waals surface area contributed by atoms with Gasteiger partial charge in [0.05, 0.1) is 17.9 Å². The van der Waals surface area contributed by atoms with Gasteiger partial charge in [-0.05, 0) is 36.5 Å². The van der Waals surface area contributed by atoms with Gasteiger partial charge in [0, 0.05) is 13.1 Å². The van der Waals surface area contributed by atoms with Gasteiger partial charge in [0.1, 0.15) is 5.75 Å². The molecule has 1 unspecified atom stereocenters. The Hall–Kier alpha value is -1.41. The van der Waals surface area contributed by atoms with E-state index in [1.54, 1.807) is 24.9 Å². The minimum Gasteiger partial charge on any atom is -0.496 e. The Morgan fingerprint density at radius 1 is 1.45 bits per heavy atom. The van der Waals surface area contributed by atoms with Gasteiger partial charge in [-0.1, -0.05) is 13.0 Å². The molecule has 0 aromatic heterocycles. The minimum absolute atomic E-state index is 0.00724. The summed E-state index contributed by atoms with van der Waals surface area (Å²) >= 11 is -0.226. The van der Waals surface area contributed by atoms with Crippen LogP contribution < -0.4 is 4.74 Å². The van der Waals surface area contributed by atoms with Gasteiger partial charge < -0.3 is 14.7 Å². The molecule has 0 aliphatic carbocycles. The second-order valence-corrected chi connectivity index (χ2v) is 6.08. The van der Waals surface area contributed by atoms with E-state index in [4.69, 9.17) is 9.84 Å². The zero-order chi connectivity index (χ0) is 16.9. The van der Waals surface area contributed by atoms with Crippen LogP contribution in [0.5, 0.6) is 5.75 Å². The highest BCUT2D eigenvalue weighted by Gasteiger charge is 2.31. The van der Waals surface area contributed by atoms with E-state index >= 15 is 0 Å². The van der Waals surface area contributed by atoms with Crippen molar-refractivity contribution in [2.24, 2.45) is 5.92 Å². The molecule has 1 aromatic rings. The summed E-state index contributed by atoms with van der Waals surface area (Å²) in [6, 6.07) is 4.57. The van der Waals surface area contributed by atoms with Crippen LogP contribution in [0.4, 0.5) is 13.2 Å². The average Bonchev–Trinajstić information content (AvgIpc) is 2.36. The molecule has 0 aliphatic heterocycles. The van der Waals surface area contributed by atoms with Crippen LogP contribution >= 0.6 is 11.8 Å². The van der Waals surface area contributed by atoms with Crippen LogP contribution in [0.2, 0.25) is 0 Å². The van der Waals surface area contributed by atoms with Crippen molar-refractivity contribution in [2.45, 2.75) is 23.9 Å². The second-order valence-electron chi connectivity index (χ2n) is 4.97. The van der Waals surface area contributed by atoms with Crippen LogP contribution in [-0.4, -0.2) is 42.2 Å². The highest BCUT2D eigenvalue weighted by atomic mass is 32.2. The number of thioether (sulfide) groups is 1. The molecule has 0 amide bonds. The number of methoxy groups -OCH3 is 1. The molecule has 8 heteroatoms. The Morgan fingerprint density at radius 3 is 2.59 bits per heavy atom. The third-order valence-corrected chi connectivity index (χ3v) is 3.68. The lowest BCUT2D eigenvalue weighted by molar-refractivity contribution is -0.141. The van der Waals surface area contributed by atoms with Crippen LogP contribution in [0, 0.1) is 5.92 Å². The standard InChI is InChI=1S/C14H18F3NO3S/c1-9(13(19)20)7-18(2)8-10-4-5-11(21-3)12(6-10)22-14(15,16)17/h4-6,9H,7-8H2,1-3H3,(H,19,20). The molecule has 0 radical (unpaired) electrons. The van der Waals surface area contributed by atoms with Crippen LogP contribution in [0.1, 0.15) is 12.5 Å². The molecule has 0 heterocycles. The Labute approximate surface area is 131 Å². The smallest absolute Gasteiger partial charge is 0.446 e. The maximum absolute atomic E-state index is 12.5.